The number of hydrogen-bond acceptors (Lipinski definition) is 3. The summed E-state index contributed by atoms with van der Waals surface area (Å²) >= 11 is 0. The summed E-state index contributed by atoms with van der Waals surface area (Å²) in [5.74, 6) is 0.880. The number of benzene rings is 1. The molecule has 3 atom stereocenters. The maximum Gasteiger partial charge on any atom is 0.0307 e. The molecular formula is C18H29N3. The van der Waals surface area contributed by atoms with Crippen LogP contribution in [0.15, 0.2) is 30.3 Å². The molecule has 3 unspecified atom stereocenters. The lowest BCUT2D eigenvalue weighted by Gasteiger charge is -2.46. The summed E-state index contributed by atoms with van der Waals surface area (Å²) in [7, 11) is 2.30. The highest BCUT2D eigenvalue weighted by Crippen LogP contribution is 2.29. The predicted molar refractivity (Wildman–Crippen MR) is 88.2 cm³/mol. The molecule has 21 heavy (non-hydrogen) atoms. The van der Waals surface area contributed by atoms with Gasteiger partial charge in [-0.05, 0) is 63.8 Å². The van der Waals surface area contributed by atoms with E-state index in [0.29, 0.717) is 0 Å². The maximum absolute atomic E-state index is 6.33. The number of piperidine rings is 2. The quantitative estimate of drug-likeness (QED) is 0.923. The van der Waals surface area contributed by atoms with Gasteiger partial charge in [0, 0.05) is 18.6 Å². The van der Waals surface area contributed by atoms with Crippen molar-refractivity contribution in [2.75, 3.05) is 33.2 Å². The average molecular weight is 287 g/mol. The molecular weight excluding hydrogens is 258 g/mol. The van der Waals surface area contributed by atoms with Crippen LogP contribution in [0.25, 0.3) is 0 Å². The Morgan fingerprint density at radius 3 is 2.81 bits per heavy atom. The van der Waals surface area contributed by atoms with Gasteiger partial charge >= 0.3 is 0 Å². The van der Waals surface area contributed by atoms with Crippen LogP contribution in [0, 0.1) is 5.92 Å². The highest BCUT2D eigenvalue weighted by molar-refractivity contribution is 5.18. The Morgan fingerprint density at radius 1 is 1.19 bits per heavy atom. The molecule has 2 aliphatic heterocycles. The maximum atomic E-state index is 6.33. The van der Waals surface area contributed by atoms with Gasteiger partial charge in [0.25, 0.3) is 0 Å². The molecule has 3 heteroatoms. The van der Waals surface area contributed by atoms with Gasteiger partial charge in [0.2, 0.25) is 0 Å². The lowest BCUT2D eigenvalue weighted by molar-refractivity contribution is 0.0376. The molecule has 0 bridgehead atoms. The normalized spacial score (nSPS) is 29.0. The first-order valence-electron chi connectivity index (χ1n) is 8.47. The summed E-state index contributed by atoms with van der Waals surface area (Å²) in [5, 5.41) is 0. The Balaban J connectivity index is 1.48. The zero-order valence-electron chi connectivity index (χ0n) is 13.2. The highest BCUT2D eigenvalue weighted by atomic mass is 15.2. The second kappa shape index (κ2) is 6.91. The molecule has 2 N–H and O–H groups in total. The SMILES string of the molecule is CN1CCCC2CN(CCC(N)c3ccccc3)CCC21. The van der Waals surface area contributed by atoms with Crippen LogP contribution in [0.4, 0.5) is 0 Å². The summed E-state index contributed by atoms with van der Waals surface area (Å²) in [6.45, 7) is 4.95. The standard InChI is InChI=1S/C18H29N3/c1-20-11-5-8-16-14-21(13-10-18(16)20)12-9-17(19)15-6-3-2-4-7-15/h2-4,6-7,16-18H,5,8-14,19H2,1H3. The molecule has 2 aliphatic rings. The third-order valence-electron chi connectivity index (χ3n) is 5.41. The number of likely N-dealkylation sites (tertiary alicyclic amines) is 2. The first kappa shape index (κ1) is 15.0. The molecule has 0 aliphatic carbocycles. The Morgan fingerprint density at radius 2 is 2.00 bits per heavy atom. The van der Waals surface area contributed by atoms with E-state index in [4.69, 9.17) is 5.73 Å². The molecule has 3 rings (SSSR count). The van der Waals surface area contributed by atoms with E-state index >= 15 is 0 Å². The Labute approximate surface area is 129 Å². The second-order valence-corrected chi connectivity index (χ2v) is 6.85. The molecule has 2 fully saturated rings. The molecule has 2 saturated heterocycles. The molecule has 0 spiro atoms. The first-order valence-corrected chi connectivity index (χ1v) is 8.47. The van der Waals surface area contributed by atoms with Gasteiger partial charge in [0.15, 0.2) is 0 Å². The van der Waals surface area contributed by atoms with Crippen molar-refractivity contribution in [2.24, 2.45) is 11.7 Å². The topological polar surface area (TPSA) is 32.5 Å². The van der Waals surface area contributed by atoms with Crippen LogP contribution < -0.4 is 5.73 Å². The van der Waals surface area contributed by atoms with E-state index in [1.54, 1.807) is 0 Å². The van der Waals surface area contributed by atoms with Gasteiger partial charge in [-0.15, -0.1) is 0 Å². The third-order valence-corrected chi connectivity index (χ3v) is 5.41. The summed E-state index contributed by atoms with van der Waals surface area (Å²) in [6, 6.07) is 11.5. The average Bonchev–Trinajstić information content (AvgIpc) is 2.53. The third kappa shape index (κ3) is 3.65. The summed E-state index contributed by atoms with van der Waals surface area (Å²) in [4.78, 5) is 5.23. The van der Waals surface area contributed by atoms with Crippen LogP contribution in [0.5, 0.6) is 0 Å². The molecule has 1 aromatic rings. The van der Waals surface area contributed by atoms with Crippen LogP contribution >= 0.6 is 0 Å². The smallest absolute Gasteiger partial charge is 0.0307 e. The number of hydrogen-bond donors (Lipinski definition) is 1. The summed E-state index contributed by atoms with van der Waals surface area (Å²) in [5.41, 5.74) is 7.60. The van der Waals surface area contributed by atoms with E-state index in [2.05, 4.69) is 47.2 Å². The van der Waals surface area contributed by atoms with Crippen molar-refractivity contribution in [1.29, 1.82) is 0 Å². The molecule has 1 aromatic carbocycles. The van der Waals surface area contributed by atoms with E-state index in [1.165, 1.54) is 44.5 Å². The van der Waals surface area contributed by atoms with Crippen molar-refractivity contribution < 1.29 is 0 Å². The molecule has 3 nitrogen and oxygen atoms in total. The van der Waals surface area contributed by atoms with Crippen molar-refractivity contribution in [3.8, 4) is 0 Å². The lowest BCUT2D eigenvalue weighted by atomic mass is 9.84. The molecule has 116 valence electrons. The van der Waals surface area contributed by atoms with E-state index in [1.807, 2.05) is 0 Å². The van der Waals surface area contributed by atoms with Crippen LogP contribution in [0.3, 0.4) is 0 Å². The summed E-state index contributed by atoms with van der Waals surface area (Å²) in [6.07, 6.45) is 5.18. The highest BCUT2D eigenvalue weighted by Gasteiger charge is 2.33. The molecule has 0 amide bonds. The minimum atomic E-state index is 0.179. The van der Waals surface area contributed by atoms with Gasteiger partial charge in [0.05, 0.1) is 0 Å². The monoisotopic (exact) mass is 287 g/mol. The van der Waals surface area contributed by atoms with E-state index in [9.17, 15) is 0 Å². The zero-order valence-corrected chi connectivity index (χ0v) is 13.2. The van der Waals surface area contributed by atoms with Crippen molar-refractivity contribution in [1.82, 2.24) is 9.80 Å². The van der Waals surface area contributed by atoms with Crippen LogP contribution in [-0.4, -0.2) is 49.1 Å². The fraction of sp³-hybridized carbons (Fsp3) is 0.667. The van der Waals surface area contributed by atoms with Crippen molar-refractivity contribution in [3.63, 3.8) is 0 Å². The number of fused-ring (bicyclic) bond motifs is 1. The zero-order chi connectivity index (χ0) is 14.7. The van der Waals surface area contributed by atoms with Crippen LogP contribution in [-0.2, 0) is 0 Å². The van der Waals surface area contributed by atoms with E-state index in [0.717, 1.165) is 24.9 Å². The van der Waals surface area contributed by atoms with Crippen molar-refractivity contribution >= 4 is 0 Å². The number of rotatable bonds is 4. The van der Waals surface area contributed by atoms with Crippen molar-refractivity contribution in [3.05, 3.63) is 35.9 Å². The van der Waals surface area contributed by atoms with Crippen molar-refractivity contribution in [2.45, 2.75) is 37.8 Å². The minimum absolute atomic E-state index is 0.179. The van der Waals surface area contributed by atoms with Gasteiger partial charge in [-0.25, -0.2) is 0 Å². The predicted octanol–water partition coefficient (Wildman–Crippen LogP) is 2.49. The Bertz CT molecular complexity index is 433. The van der Waals surface area contributed by atoms with E-state index in [-0.39, 0.29) is 6.04 Å². The summed E-state index contributed by atoms with van der Waals surface area (Å²) < 4.78 is 0. The molecule has 2 heterocycles. The second-order valence-electron chi connectivity index (χ2n) is 6.85. The lowest BCUT2D eigenvalue weighted by Crippen LogP contribution is -2.52. The number of nitrogens with zero attached hydrogens (tertiary/aromatic N) is 2. The fourth-order valence-electron chi connectivity index (χ4n) is 4.12. The number of nitrogens with two attached hydrogens (primary N) is 1. The molecule has 0 aromatic heterocycles. The van der Waals surface area contributed by atoms with Gasteiger partial charge < -0.3 is 15.5 Å². The Kier molecular flexibility index (Phi) is 4.94. The molecule has 0 radical (unpaired) electrons. The van der Waals surface area contributed by atoms with Gasteiger partial charge in [-0.2, -0.15) is 0 Å². The Hall–Kier alpha value is -0.900. The van der Waals surface area contributed by atoms with Gasteiger partial charge in [-0.3, -0.25) is 0 Å². The van der Waals surface area contributed by atoms with Gasteiger partial charge in [-0.1, -0.05) is 30.3 Å². The van der Waals surface area contributed by atoms with Crippen LogP contribution in [0.2, 0.25) is 0 Å². The first-order chi connectivity index (χ1) is 10.2. The largest absolute Gasteiger partial charge is 0.324 e. The van der Waals surface area contributed by atoms with Crippen LogP contribution in [0.1, 0.15) is 37.3 Å². The van der Waals surface area contributed by atoms with E-state index < -0.39 is 0 Å². The van der Waals surface area contributed by atoms with Gasteiger partial charge in [0.1, 0.15) is 0 Å². The minimum Gasteiger partial charge on any atom is -0.324 e. The fourth-order valence-corrected chi connectivity index (χ4v) is 4.12. The molecule has 0 saturated carbocycles.